The third-order valence-electron chi connectivity index (χ3n) is 5.25. The number of rotatable bonds is 6. The second kappa shape index (κ2) is 8.01. The summed E-state index contributed by atoms with van der Waals surface area (Å²) in [6, 6.07) is 3.65. The van der Waals surface area contributed by atoms with Gasteiger partial charge in [0.15, 0.2) is 5.65 Å². The van der Waals surface area contributed by atoms with Crippen LogP contribution in [0, 0.1) is 5.41 Å². The summed E-state index contributed by atoms with van der Waals surface area (Å²) < 4.78 is 3.36. The molecule has 0 radical (unpaired) electrons. The summed E-state index contributed by atoms with van der Waals surface area (Å²) in [7, 11) is 0. The van der Waals surface area contributed by atoms with Crippen molar-refractivity contribution in [1.29, 1.82) is 0 Å². The van der Waals surface area contributed by atoms with Crippen molar-refractivity contribution in [1.82, 2.24) is 39.9 Å². The van der Waals surface area contributed by atoms with Gasteiger partial charge in [0.2, 0.25) is 0 Å². The highest BCUT2D eigenvalue weighted by molar-refractivity contribution is 5.92. The van der Waals surface area contributed by atoms with Crippen LogP contribution in [0.15, 0.2) is 30.7 Å². The van der Waals surface area contributed by atoms with Crippen LogP contribution in [-0.4, -0.2) is 54.3 Å². The first-order chi connectivity index (χ1) is 14.7. The number of nitrogens with one attached hydrogen (secondary N) is 2. The number of carbonyl (C=O) groups is 2. The molecule has 10 nitrogen and oxygen atoms in total. The second-order valence-corrected chi connectivity index (χ2v) is 9.02. The van der Waals surface area contributed by atoms with Gasteiger partial charge in [-0.15, -0.1) is 0 Å². The molecular formula is C21H28N8O2. The van der Waals surface area contributed by atoms with E-state index in [-0.39, 0.29) is 29.9 Å². The van der Waals surface area contributed by atoms with Gasteiger partial charge in [0.25, 0.3) is 5.91 Å². The van der Waals surface area contributed by atoms with Crippen molar-refractivity contribution in [3.8, 4) is 0 Å². The summed E-state index contributed by atoms with van der Waals surface area (Å²) in [6.07, 6.45) is 5.15. The summed E-state index contributed by atoms with van der Waals surface area (Å²) >= 11 is 0. The quantitative estimate of drug-likeness (QED) is 0.629. The number of fused-ring (bicyclic) bond motifs is 1. The van der Waals surface area contributed by atoms with Gasteiger partial charge < -0.3 is 15.5 Å². The van der Waals surface area contributed by atoms with E-state index in [4.69, 9.17) is 0 Å². The zero-order chi connectivity index (χ0) is 22.2. The fraction of sp³-hybridized carbons (Fsp3) is 0.476. The molecule has 1 fully saturated rings. The molecule has 164 valence electrons. The highest BCUT2D eigenvalue weighted by atomic mass is 16.2. The third-order valence-corrected chi connectivity index (χ3v) is 5.25. The fourth-order valence-electron chi connectivity index (χ4n) is 3.72. The first-order valence-corrected chi connectivity index (χ1v) is 10.4. The molecule has 31 heavy (non-hydrogen) atoms. The Hall–Kier alpha value is -3.43. The second-order valence-electron chi connectivity index (χ2n) is 9.02. The molecule has 1 aliphatic rings. The van der Waals surface area contributed by atoms with Crippen molar-refractivity contribution in [3.05, 3.63) is 47.7 Å². The van der Waals surface area contributed by atoms with Gasteiger partial charge >= 0.3 is 6.03 Å². The topological polar surface area (TPSA) is 109 Å². The Morgan fingerprint density at radius 1 is 1.32 bits per heavy atom. The molecule has 3 aromatic heterocycles. The number of aromatic nitrogens is 5. The summed E-state index contributed by atoms with van der Waals surface area (Å²) in [5, 5.41) is 14.4. The minimum absolute atomic E-state index is 0.0229. The van der Waals surface area contributed by atoms with Crippen molar-refractivity contribution in [3.63, 3.8) is 0 Å². The summed E-state index contributed by atoms with van der Waals surface area (Å²) in [4.78, 5) is 31.1. The van der Waals surface area contributed by atoms with Crippen molar-refractivity contribution in [2.45, 2.75) is 46.8 Å². The van der Waals surface area contributed by atoms with E-state index in [2.05, 4.69) is 39.7 Å². The largest absolute Gasteiger partial charge is 0.345 e. The minimum Gasteiger partial charge on any atom is -0.345 e. The summed E-state index contributed by atoms with van der Waals surface area (Å²) in [5.41, 5.74) is 2.81. The van der Waals surface area contributed by atoms with E-state index in [1.165, 1.54) is 0 Å². The van der Waals surface area contributed by atoms with Crippen LogP contribution >= 0.6 is 0 Å². The van der Waals surface area contributed by atoms with Crippen LogP contribution in [0.1, 0.15) is 55.5 Å². The van der Waals surface area contributed by atoms with Gasteiger partial charge in [-0.2, -0.15) is 10.2 Å². The maximum atomic E-state index is 12.5. The maximum absolute atomic E-state index is 12.5. The van der Waals surface area contributed by atoms with Crippen LogP contribution in [0.3, 0.4) is 0 Å². The Bertz CT molecular complexity index is 1110. The Kier molecular flexibility index (Phi) is 5.38. The lowest BCUT2D eigenvalue weighted by molar-refractivity contribution is 0.0937. The average Bonchev–Trinajstić information content (AvgIpc) is 3.35. The lowest BCUT2D eigenvalue weighted by atomic mass is 9.91. The molecule has 0 saturated carbocycles. The molecule has 3 aromatic rings. The SMILES string of the molecule is CC(C)n1nccc1C(=O)NCc1cn2ncc(CN3CC(C)(C)CNC3=O)cc2n1. The zero-order valence-electron chi connectivity index (χ0n) is 18.3. The first-order valence-electron chi connectivity index (χ1n) is 10.4. The van der Waals surface area contributed by atoms with E-state index in [1.807, 2.05) is 19.9 Å². The van der Waals surface area contributed by atoms with Crippen LogP contribution in [0.5, 0.6) is 0 Å². The highest BCUT2D eigenvalue weighted by Crippen LogP contribution is 2.21. The lowest BCUT2D eigenvalue weighted by Gasteiger charge is -2.38. The molecule has 0 aliphatic carbocycles. The molecule has 0 bridgehead atoms. The molecule has 4 rings (SSSR count). The van der Waals surface area contributed by atoms with E-state index in [0.29, 0.717) is 36.7 Å². The number of urea groups is 1. The maximum Gasteiger partial charge on any atom is 0.317 e. The van der Waals surface area contributed by atoms with Crippen molar-refractivity contribution in [2.24, 2.45) is 5.41 Å². The summed E-state index contributed by atoms with van der Waals surface area (Å²) in [5.74, 6) is -0.198. The summed E-state index contributed by atoms with van der Waals surface area (Å²) in [6.45, 7) is 10.3. The number of hydrogen-bond donors (Lipinski definition) is 2. The third kappa shape index (κ3) is 4.52. The Balaban J connectivity index is 1.43. The molecule has 0 aromatic carbocycles. The predicted octanol–water partition coefficient (Wildman–Crippen LogP) is 1.99. The van der Waals surface area contributed by atoms with Crippen LogP contribution in [0.25, 0.3) is 5.65 Å². The number of hydrogen-bond acceptors (Lipinski definition) is 5. The van der Waals surface area contributed by atoms with E-state index in [9.17, 15) is 9.59 Å². The lowest BCUT2D eigenvalue weighted by Crippen LogP contribution is -2.54. The van der Waals surface area contributed by atoms with E-state index < -0.39 is 0 Å². The number of imidazole rings is 1. The van der Waals surface area contributed by atoms with Gasteiger partial charge in [-0.1, -0.05) is 13.8 Å². The monoisotopic (exact) mass is 424 g/mol. The molecule has 2 N–H and O–H groups in total. The van der Waals surface area contributed by atoms with Gasteiger partial charge in [0.05, 0.1) is 24.6 Å². The van der Waals surface area contributed by atoms with Crippen LogP contribution in [0.4, 0.5) is 4.79 Å². The van der Waals surface area contributed by atoms with E-state index in [1.54, 1.807) is 38.8 Å². The molecule has 3 amide bonds. The Labute approximate surface area is 180 Å². The molecular weight excluding hydrogens is 396 g/mol. The zero-order valence-corrected chi connectivity index (χ0v) is 18.3. The fourth-order valence-corrected chi connectivity index (χ4v) is 3.72. The van der Waals surface area contributed by atoms with Crippen molar-refractivity contribution >= 4 is 17.6 Å². The van der Waals surface area contributed by atoms with Gasteiger partial charge in [0.1, 0.15) is 5.69 Å². The predicted molar refractivity (Wildman–Crippen MR) is 114 cm³/mol. The van der Waals surface area contributed by atoms with Gasteiger partial charge in [0, 0.05) is 31.9 Å². The van der Waals surface area contributed by atoms with Gasteiger partial charge in [-0.25, -0.2) is 14.3 Å². The molecule has 1 aliphatic heterocycles. The van der Waals surface area contributed by atoms with Crippen LogP contribution in [-0.2, 0) is 13.1 Å². The molecule has 0 atom stereocenters. The standard InChI is InChI=1S/C21H28N8O2/c1-14(2)29-17(5-6-24-29)19(30)22-9-16-11-28-18(26-16)7-15(8-25-28)10-27-13-21(3,4)12-23-20(27)31/h5-8,11,14H,9-10,12-13H2,1-4H3,(H,22,30)(H,23,31). The van der Waals surface area contributed by atoms with Crippen molar-refractivity contribution < 1.29 is 9.59 Å². The molecule has 0 unspecified atom stereocenters. The van der Waals surface area contributed by atoms with E-state index in [0.717, 1.165) is 5.56 Å². The average molecular weight is 425 g/mol. The Morgan fingerprint density at radius 2 is 2.13 bits per heavy atom. The smallest absolute Gasteiger partial charge is 0.317 e. The normalized spacial score (nSPS) is 16.0. The van der Waals surface area contributed by atoms with Crippen molar-refractivity contribution in [2.75, 3.05) is 13.1 Å². The molecule has 10 heteroatoms. The van der Waals surface area contributed by atoms with Crippen LogP contribution in [0.2, 0.25) is 0 Å². The molecule has 0 spiro atoms. The first kappa shape index (κ1) is 20.8. The Morgan fingerprint density at radius 3 is 2.90 bits per heavy atom. The van der Waals surface area contributed by atoms with E-state index >= 15 is 0 Å². The molecule has 1 saturated heterocycles. The molecule has 4 heterocycles. The number of nitrogens with zero attached hydrogens (tertiary/aromatic N) is 6. The highest BCUT2D eigenvalue weighted by Gasteiger charge is 2.30. The minimum atomic E-state index is -0.198. The van der Waals surface area contributed by atoms with Gasteiger partial charge in [-0.05, 0) is 37.0 Å². The van der Waals surface area contributed by atoms with Gasteiger partial charge in [-0.3, -0.25) is 9.48 Å². The number of amides is 3. The van der Waals surface area contributed by atoms with Crippen LogP contribution < -0.4 is 10.6 Å². The number of carbonyl (C=O) groups excluding carboxylic acids is 2.